The van der Waals surface area contributed by atoms with Crippen LogP contribution in [0.5, 0.6) is 5.75 Å². The minimum absolute atomic E-state index is 0.0414. The molecule has 29 heavy (non-hydrogen) atoms. The van der Waals surface area contributed by atoms with Gasteiger partial charge in [0.1, 0.15) is 10.6 Å². The van der Waals surface area contributed by atoms with Crippen molar-refractivity contribution in [2.45, 2.75) is 17.7 Å². The Morgan fingerprint density at radius 2 is 1.90 bits per heavy atom. The fourth-order valence-corrected chi connectivity index (χ4v) is 5.44. The Balaban J connectivity index is 1.52. The molecule has 0 saturated carbocycles. The molecular weight excluding hydrogens is 437 g/mol. The average Bonchev–Trinajstić information content (AvgIpc) is 3.12. The van der Waals surface area contributed by atoms with Crippen LogP contribution < -0.4 is 4.74 Å². The van der Waals surface area contributed by atoms with Gasteiger partial charge in [-0.1, -0.05) is 40.5 Å². The summed E-state index contributed by atoms with van der Waals surface area (Å²) in [6.45, 7) is 2.19. The summed E-state index contributed by atoms with van der Waals surface area (Å²) in [4.78, 5) is 4.46. The highest BCUT2D eigenvalue weighted by Crippen LogP contribution is 2.36. The largest absolute Gasteiger partial charge is 0.496 e. The van der Waals surface area contributed by atoms with Crippen molar-refractivity contribution in [2.75, 3.05) is 20.2 Å². The summed E-state index contributed by atoms with van der Waals surface area (Å²) < 4.78 is 37.8. The first-order valence-corrected chi connectivity index (χ1v) is 10.9. The van der Waals surface area contributed by atoms with E-state index in [0.717, 1.165) is 0 Å². The predicted molar refractivity (Wildman–Crippen MR) is 109 cm³/mol. The molecule has 0 aliphatic carbocycles. The van der Waals surface area contributed by atoms with E-state index in [0.29, 0.717) is 33.6 Å². The Hall–Kier alpha value is -2.13. The van der Waals surface area contributed by atoms with Gasteiger partial charge in [-0.3, -0.25) is 0 Å². The molecule has 0 amide bonds. The summed E-state index contributed by atoms with van der Waals surface area (Å²) in [6.07, 6.45) is 0. The smallest absolute Gasteiger partial charge is 0.244 e. The Bertz CT molecular complexity index is 1170. The fourth-order valence-electron chi connectivity index (χ4n) is 3.10. The lowest BCUT2D eigenvalue weighted by Crippen LogP contribution is -2.48. The third kappa shape index (κ3) is 3.61. The van der Waals surface area contributed by atoms with Gasteiger partial charge in [-0.15, -0.1) is 0 Å². The first-order chi connectivity index (χ1) is 13.8. The Labute approximate surface area is 178 Å². The van der Waals surface area contributed by atoms with E-state index in [4.69, 9.17) is 32.5 Å². The van der Waals surface area contributed by atoms with Crippen LogP contribution in [0.1, 0.15) is 17.4 Å². The van der Waals surface area contributed by atoms with Gasteiger partial charge in [0.2, 0.25) is 21.7 Å². The second-order valence-corrected chi connectivity index (χ2v) is 9.43. The van der Waals surface area contributed by atoms with Gasteiger partial charge in [-0.05, 0) is 36.8 Å². The monoisotopic (exact) mass is 453 g/mol. The molecule has 0 spiro atoms. The first kappa shape index (κ1) is 20.2. The van der Waals surface area contributed by atoms with Crippen LogP contribution in [0.2, 0.25) is 10.0 Å². The highest BCUT2D eigenvalue weighted by Gasteiger charge is 2.41. The molecule has 1 aromatic heterocycles. The van der Waals surface area contributed by atoms with Crippen molar-refractivity contribution in [3.05, 3.63) is 57.9 Å². The van der Waals surface area contributed by atoms with E-state index in [1.807, 2.05) is 18.2 Å². The molecule has 1 aliphatic heterocycles. The molecule has 0 bridgehead atoms. The van der Waals surface area contributed by atoms with Crippen LogP contribution in [-0.4, -0.2) is 43.1 Å². The summed E-state index contributed by atoms with van der Waals surface area (Å²) in [5.74, 6) is 1.23. The van der Waals surface area contributed by atoms with Gasteiger partial charge in [0.05, 0.1) is 23.6 Å². The van der Waals surface area contributed by atoms with E-state index < -0.39 is 10.0 Å². The van der Waals surface area contributed by atoms with Crippen LogP contribution in [0.15, 0.2) is 45.8 Å². The second-order valence-electron chi connectivity index (χ2n) is 6.71. The van der Waals surface area contributed by atoms with Crippen molar-refractivity contribution in [3.8, 4) is 17.1 Å². The van der Waals surface area contributed by atoms with Crippen molar-refractivity contribution in [3.63, 3.8) is 0 Å². The minimum Gasteiger partial charge on any atom is -0.496 e. The van der Waals surface area contributed by atoms with Crippen LogP contribution in [0.25, 0.3) is 11.4 Å². The molecule has 0 N–H and O–H groups in total. The molecular formula is C19H17Cl2N3O4S. The number of aryl methyl sites for hydroxylation is 1. The van der Waals surface area contributed by atoms with Crippen LogP contribution in [-0.2, 0) is 10.0 Å². The number of aromatic nitrogens is 2. The fraction of sp³-hybridized carbons (Fsp3) is 0.263. The number of benzene rings is 2. The number of hydrogen-bond donors (Lipinski definition) is 0. The van der Waals surface area contributed by atoms with Crippen LogP contribution in [0, 0.1) is 6.92 Å². The number of methoxy groups -OCH3 is 1. The lowest BCUT2D eigenvalue weighted by Gasteiger charge is -2.36. The van der Waals surface area contributed by atoms with Crippen molar-refractivity contribution >= 4 is 33.2 Å². The number of ether oxygens (including phenoxy) is 1. The van der Waals surface area contributed by atoms with Gasteiger partial charge in [0, 0.05) is 18.1 Å². The molecule has 10 heteroatoms. The summed E-state index contributed by atoms with van der Waals surface area (Å²) >= 11 is 12.1. The Kier molecular flexibility index (Phi) is 5.29. The average molecular weight is 454 g/mol. The quantitative estimate of drug-likeness (QED) is 0.576. The van der Waals surface area contributed by atoms with E-state index in [1.165, 1.54) is 16.4 Å². The Morgan fingerprint density at radius 3 is 2.62 bits per heavy atom. The lowest BCUT2D eigenvalue weighted by atomic mass is 10.0. The molecule has 2 aromatic carbocycles. The number of nitrogens with zero attached hydrogens (tertiary/aromatic N) is 3. The maximum atomic E-state index is 12.9. The molecule has 1 aliphatic rings. The number of hydrogen-bond acceptors (Lipinski definition) is 6. The summed E-state index contributed by atoms with van der Waals surface area (Å²) in [5, 5.41) is 4.53. The van der Waals surface area contributed by atoms with E-state index in [1.54, 1.807) is 20.1 Å². The maximum Gasteiger partial charge on any atom is 0.244 e. The van der Waals surface area contributed by atoms with Crippen LogP contribution >= 0.6 is 23.2 Å². The normalized spacial score (nSPS) is 15.3. The molecule has 0 radical (unpaired) electrons. The summed E-state index contributed by atoms with van der Waals surface area (Å²) in [6, 6.07) is 10.3. The molecule has 3 aromatic rings. The first-order valence-electron chi connectivity index (χ1n) is 8.74. The Morgan fingerprint density at radius 1 is 1.17 bits per heavy atom. The highest BCUT2D eigenvalue weighted by molar-refractivity contribution is 7.89. The highest BCUT2D eigenvalue weighted by atomic mass is 35.5. The number of halogens is 2. The summed E-state index contributed by atoms with van der Waals surface area (Å²) in [7, 11) is -2.17. The summed E-state index contributed by atoms with van der Waals surface area (Å²) in [5.41, 5.74) is 1.35. The van der Waals surface area contributed by atoms with Gasteiger partial charge < -0.3 is 9.26 Å². The van der Waals surface area contributed by atoms with E-state index in [2.05, 4.69) is 10.1 Å². The van der Waals surface area contributed by atoms with Gasteiger partial charge >= 0.3 is 0 Å². The van der Waals surface area contributed by atoms with Crippen LogP contribution in [0.3, 0.4) is 0 Å². The minimum atomic E-state index is -3.74. The van der Waals surface area contributed by atoms with Gasteiger partial charge in [0.25, 0.3) is 0 Å². The maximum absolute atomic E-state index is 12.9. The van der Waals surface area contributed by atoms with Gasteiger partial charge in [-0.2, -0.15) is 9.29 Å². The SMILES string of the molecule is COc1ccccc1-c1noc(C2CN(S(=O)(=O)c3cc(C)c(Cl)cc3Cl)C2)n1. The topological polar surface area (TPSA) is 85.5 Å². The molecule has 0 unspecified atom stereocenters. The van der Waals surface area contributed by atoms with Crippen molar-refractivity contribution in [1.29, 1.82) is 0 Å². The number of sulfonamides is 1. The molecule has 4 rings (SSSR count). The molecule has 1 fully saturated rings. The molecule has 0 atom stereocenters. The third-order valence-corrected chi connectivity index (χ3v) is 7.52. The van der Waals surface area contributed by atoms with Gasteiger partial charge in [0.15, 0.2) is 0 Å². The van der Waals surface area contributed by atoms with Gasteiger partial charge in [-0.25, -0.2) is 8.42 Å². The molecule has 2 heterocycles. The zero-order valence-corrected chi connectivity index (χ0v) is 17.9. The zero-order valence-electron chi connectivity index (χ0n) is 15.6. The van der Waals surface area contributed by atoms with Crippen molar-refractivity contribution < 1.29 is 17.7 Å². The van der Waals surface area contributed by atoms with Crippen molar-refractivity contribution in [1.82, 2.24) is 14.4 Å². The molecule has 152 valence electrons. The van der Waals surface area contributed by atoms with E-state index in [-0.39, 0.29) is 28.9 Å². The standard InChI is InChI=1S/C19H17Cl2N3O4S/c1-11-7-17(15(21)8-14(11)20)29(25,26)24-9-12(10-24)19-22-18(23-28-19)13-5-3-4-6-16(13)27-2/h3-8,12H,9-10H2,1-2H3. The van der Waals surface area contributed by atoms with E-state index in [9.17, 15) is 8.42 Å². The molecule has 7 nitrogen and oxygen atoms in total. The molecule has 1 saturated heterocycles. The second kappa shape index (κ2) is 7.60. The zero-order chi connectivity index (χ0) is 20.8. The predicted octanol–water partition coefficient (Wildman–Crippen LogP) is 4.15. The van der Waals surface area contributed by atoms with E-state index >= 15 is 0 Å². The number of para-hydroxylation sites is 1. The lowest BCUT2D eigenvalue weighted by molar-refractivity contribution is 0.217. The third-order valence-electron chi connectivity index (χ3n) is 4.82. The van der Waals surface area contributed by atoms with Crippen LogP contribution in [0.4, 0.5) is 0 Å². The van der Waals surface area contributed by atoms with Crippen molar-refractivity contribution in [2.24, 2.45) is 0 Å². The number of rotatable bonds is 5.